The van der Waals surface area contributed by atoms with E-state index in [4.69, 9.17) is 0 Å². The maximum absolute atomic E-state index is 12.6. The lowest BCUT2D eigenvalue weighted by Crippen LogP contribution is -2.52. The number of hydrogen-bond donors (Lipinski definition) is 1. The van der Waals surface area contributed by atoms with Gasteiger partial charge in [0.2, 0.25) is 0 Å². The summed E-state index contributed by atoms with van der Waals surface area (Å²) < 4.78 is 36.5. The highest BCUT2D eigenvalue weighted by molar-refractivity contribution is 7.86. The monoisotopic (exact) mass is 592 g/mol. The first-order valence-corrected chi connectivity index (χ1v) is 18.8. The van der Waals surface area contributed by atoms with Gasteiger partial charge in [0, 0.05) is 6.42 Å². The highest BCUT2D eigenvalue weighted by Crippen LogP contribution is 2.23. The maximum Gasteiger partial charge on any atom is 0.268 e. The Morgan fingerprint density at radius 1 is 0.659 bits per heavy atom. The zero-order valence-electron chi connectivity index (χ0n) is 27.3. The van der Waals surface area contributed by atoms with Gasteiger partial charge in [0.25, 0.3) is 10.1 Å². The zero-order chi connectivity index (χ0) is 30.2. The van der Waals surface area contributed by atoms with Gasteiger partial charge < -0.3 is 4.48 Å². The quantitative estimate of drug-likeness (QED) is 0.0598. The van der Waals surface area contributed by atoms with Gasteiger partial charge in [-0.05, 0) is 56.1 Å². The fourth-order valence-electron chi connectivity index (χ4n) is 6.18. The van der Waals surface area contributed by atoms with Crippen molar-refractivity contribution in [2.75, 3.05) is 26.2 Å². The Hall–Kier alpha value is -1.17. The minimum Gasteiger partial charge on any atom is -0.324 e. The van der Waals surface area contributed by atoms with Crippen molar-refractivity contribution in [3.05, 3.63) is 42.0 Å². The smallest absolute Gasteiger partial charge is 0.268 e. The summed E-state index contributed by atoms with van der Waals surface area (Å²) >= 11 is 0. The standard InChI is InChI=1S/C36H65NO3S/c1-5-9-12-15-18-21-29-37(30-22-19-16-13-10-6-2,31-23-20-17-14-11-7-3)32-28-36(41(38,39)40)33-35-26-24-34(8-4)25-27-35/h8,24-27,36H,4-7,9-23,28-33H2,1-3H3/p+1. The molecule has 0 saturated heterocycles. The molecule has 0 aliphatic heterocycles. The van der Waals surface area contributed by atoms with Gasteiger partial charge in [-0.15, -0.1) is 0 Å². The maximum atomic E-state index is 12.6. The van der Waals surface area contributed by atoms with Crippen LogP contribution in [0.15, 0.2) is 30.8 Å². The predicted molar refractivity (Wildman–Crippen MR) is 180 cm³/mol. The van der Waals surface area contributed by atoms with Gasteiger partial charge in [-0.25, -0.2) is 0 Å². The van der Waals surface area contributed by atoms with Gasteiger partial charge in [0.1, 0.15) is 0 Å². The molecule has 41 heavy (non-hydrogen) atoms. The summed E-state index contributed by atoms with van der Waals surface area (Å²) in [6.45, 7) is 14.9. The summed E-state index contributed by atoms with van der Waals surface area (Å²) in [5, 5.41) is -0.756. The molecule has 1 atom stereocenters. The third-order valence-corrected chi connectivity index (χ3v) is 10.2. The zero-order valence-corrected chi connectivity index (χ0v) is 28.1. The lowest BCUT2D eigenvalue weighted by atomic mass is 10.0. The Bertz CT molecular complexity index is 825. The van der Waals surface area contributed by atoms with E-state index in [1.54, 1.807) is 6.08 Å². The van der Waals surface area contributed by atoms with Gasteiger partial charge in [-0.1, -0.05) is 135 Å². The van der Waals surface area contributed by atoms with Crippen molar-refractivity contribution in [1.29, 1.82) is 0 Å². The molecule has 0 fully saturated rings. The van der Waals surface area contributed by atoms with E-state index in [0.717, 1.165) is 41.8 Å². The molecular formula is C36H66NO3S+. The van der Waals surface area contributed by atoms with Crippen LogP contribution in [0.2, 0.25) is 0 Å². The van der Waals surface area contributed by atoms with E-state index in [1.165, 1.54) is 116 Å². The van der Waals surface area contributed by atoms with Crippen LogP contribution in [0.3, 0.4) is 0 Å². The molecule has 1 aromatic rings. The number of hydrogen-bond acceptors (Lipinski definition) is 2. The predicted octanol–water partition coefficient (Wildman–Crippen LogP) is 10.4. The third-order valence-electron chi connectivity index (χ3n) is 8.98. The molecule has 0 bridgehead atoms. The van der Waals surface area contributed by atoms with Crippen LogP contribution in [0.5, 0.6) is 0 Å². The van der Waals surface area contributed by atoms with Crippen molar-refractivity contribution in [2.24, 2.45) is 0 Å². The molecule has 0 aliphatic rings. The van der Waals surface area contributed by atoms with E-state index in [0.29, 0.717) is 12.8 Å². The van der Waals surface area contributed by atoms with Gasteiger partial charge in [0.15, 0.2) is 0 Å². The minimum atomic E-state index is -4.14. The third kappa shape index (κ3) is 18.2. The average Bonchev–Trinajstić information content (AvgIpc) is 2.96. The van der Waals surface area contributed by atoms with Crippen LogP contribution in [0.4, 0.5) is 0 Å². The molecule has 1 rings (SSSR count). The Balaban J connectivity index is 3.02. The Morgan fingerprint density at radius 2 is 1.05 bits per heavy atom. The topological polar surface area (TPSA) is 54.4 Å². The number of benzene rings is 1. The molecule has 1 aromatic carbocycles. The van der Waals surface area contributed by atoms with Gasteiger partial charge >= 0.3 is 0 Å². The molecule has 4 nitrogen and oxygen atoms in total. The molecule has 0 spiro atoms. The second-order valence-corrected chi connectivity index (χ2v) is 14.3. The molecule has 0 saturated carbocycles. The first-order chi connectivity index (χ1) is 19.8. The lowest BCUT2D eigenvalue weighted by molar-refractivity contribution is -0.929. The second-order valence-electron chi connectivity index (χ2n) is 12.6. The van der Waals surface area contributed by atoms with Crippen LogP contribution >= 0.6 is 0 Å². The van der Waals surface area contributed by atoms with Crippen LogP contribution in [-0.4, -0.2) is 48.9 Å². The SMILES string of the molecule is C=Cc1ccc(CC(CC[N+](CCCCCCCC)(CCCCCCCC)CCCCCCCC)S(=O)(=O)O)cc1. The van der Waals surface area contributed by atoms with E-state index in [-0.39, 0.29) is 0 Å². The lowest BCUT2D eigenvalue weighted by Gasteiger charge is -2.40. The number of unbranched alkanes of at least 4 members (excludes halogenated alkanes) is 15. The van der Waals surface area contributed by atoms with E-state index >= 15 is 0 Å². The van der Waals surface area contributed by atoms with Gasteiger partial charge in [-0.2, -0.15) is 8.42 Å². The highest BCUT2D eigenvalue weighted by Gasteiger charge is 2.31. The van der Waals surface area contributed by atoms with Crippen LogP contribution in [0, 0.1) is 0 Å². The molecule has 1 N–H and O–H groups in total. The van der Waals surface area contributed by atoms with Crippen molar-refractivity contribution in [1.82, 2.24) is 0 Å². The second kappa shape index (κ2) is 23.3. The van der Waals surface area contributed by atoms with Crippen molar-refractivity contribution in [3.8, 4) is 0 Å². The molecule has 0 aliphatic carbocycles. The van der Waals surface area contributed by atoms with Crippen molar-refractivity contribution < 1.29 is 17.5 Å². The summed E-state index contributed by atoms with van der Waals surface area (Å²) in [5.41, 5.74) is 1.98. The van der Waals surface area contributed by atoms with Gasteiger partial charge in [-0.3, -0.25) is 4.55 Å². The molecule has 0 heterocycles. The Kier molecular flexibility index (Phi) is 21.5. The number of nitrogens with zero attached hydrogens (tertiary/aromatic N) is 1. The Labute approximate surface area is 255 Å². The summed E-state index contributed by atoms with van der Waals surface area (Å²) in [5.74, 6) is 0. The molecule has 0 radical (unpaired) electrons. The molecule has 238 valence electrons. The summed E-state index contributed by atoms with van der Waals surface area (Å²) in [7, 11) is -4.14. The average molecular weight is 593 g/mol. The normalized spacial score (nSPS) is 13.0. The van der Waals surface area contributed by atoms with Crippen molar-refractivity contribution in [3.63, 3.8) is 0 Å². The number of rotatable bonds is 28. The van der Waals surface area contributed by atoms with Crippen LogP contribution in [0.25, 0.3) is 6.08 Å². The molecule has 1 unspecified atom stereocenters. The highest BCUT2D eigenvalue weighted by atomic mass is 32.2. The fraction of sp³-hybridized carbons (Fsp3) is 0.778. The molecule has 5 heteroatoms. The fourth-order valence-corrected chi connectivity index (χ4v) is 6.99. The van der Waals surface area contributed by atoms with Crippen LogP contribution < -0.4 is 0 Å². The first kappa shape index (κ1) is 37.9. The van der Waals surface area contributed by atoms with E-state index in [9.17, 15) is 13.0 Å². The van der Waals surface area contributed by atoms with Crippen LogP contribution in [0.1, 0.15) is 154 Å². The molecular weight excluding hydrogens is 526 g/mol. The van der Waals surface area contributed by atoms with Crippen molar-refractivity contribution in [2.45, 2.75) is 154 Å². The minimum absolute atomic E-state index is 0.362. The van der Waals surface area contributed by atoms with E-state index < -0.39 is 15.4 Å². The largest absolute Gasteiger partial charge is 0.324 e. The Morgan fingerprint density at radius 3 is 1.41 bits per heavy atom. The van der Waals surface area contributed by atoms with Gasteiger partial charge in [0.05, 0.1) is 31.4 Å². The number of quaternary nitrogens is 1. The molecule has 0 aromatic heterocycles. The first-order valence-electron chi connectivity index (χ1n) is 17.3. The molecule has 0 amide bonds. The summed E-state index contributed by atoms with van der Waals surface area (Å²) in [6.07, 6.45) is 25.8. The van der Waals surface area contributed by atoms with Crippen molar-refractivity contribution >= 4 is 16.2 Å². The summed E-state index contributed by atoms with van der Waals surface area (Å²) in [4.78, 5) is 0. The van der Waals surface area contributed by atoms with E-state index in [1.807, 2.05) is 24.3 Å². The van der Waals surface area contributed by atoms with Crippen LogP contribution in [-0.2, 0) is 16.5 Å². The summed E-state index contributed by atoms with van der Waals surface area (Å²) in [6, 6.07) is 7.89. The van der Waals surface area contributed by atoms with E-state index in [2.05, 4.69) is 27.4 Å².